The summed E-state index contributed by atoms with van der Waals surface area (Å²) in [6, 6.07) is 6.69. The number of phenolic OH excluding ortho intramolecular Hbond substituents is 1. The summed E-state index contributed by atoms with van der Waals surface area (Å²) in [5, 5.41) is 11.8. The smallest absolute Gasteiger partial charge is 0.258 e. The van der Waals surface area contributed by atoms with Gasteiger partial charge in [0.15, 0.2) is 0 Å². The number of benzene rings is 2. The number of hydrogen-bond donors (Lipinski definition) is 1. The minimum atomic E-state index is -2.09. The van der Waals surface area contributed by atoms with E-state index in [9.17, 15) is 9.50 Å². The van der Waals surface area contributed by atoms with E-state index >= 15 is 0 Å². The predicted octanol–water partition coefficient (Wildman–Crippen LogP) is 6.84. The number of halogens is 2. The van der Waals surface area contributed by atoms with E-state index in [-0.39, 0.29) is 11.6 Å². The molecule has 0 heterocycles. The van der Waals surface area contributed by atoms with Crippen molar-refractivity contribution >= 4 is 41.7 Å². The van der Waals surface area contributed by atoms with Crippen molar-refractivity contribution < 1.29 is 13.9 Å². The molecule has 132 valence electrons. The zero-order valence-corrected chi connectivity index (χ0v) is 18.3. The van der Waals surface area contributed by atoms with E-state index in [0.717, 1.165) is 5.39 Å². The van der Waals surface area contributed by atoms with Crippen LogP contribution in [0.4, 0.5) is 4.39 Å². The van der Waals surface area contributed by atoms with Gasteiger partial charge in [-0.2, -0.15) is 0 Å². The molecule has 0 fully saturated rings. The second-order valence-corrected chi connectivity index (χ2v) is 13.8. The third-order valence-corrected chi connectivity index (χ3v) is 12.0. The van der Waals surface area contributed by atoms with Crippen molar-refractivity contribution in [3.63, 3.8) is 0 Å². The Hall–Kier alpha value is -0.823. The Morgan fingerprint density at radius 3 is 2.04 bits per heavy atom. The average molecular weight is 460 g/mol. The number of hydrogen-bond acceptors (Lipinski definition) is 2. The molecule has 0 spiro atoms. The normalized spacial score (nSPS) is 12.6. The minimum Gasteiger partial charge on any atom is -0.543 e. The molecule has 0 radical (unpaired) electrons. The summed E-state index contributed by atoms with van der Waals surface area (Å²) in [6.45, 7) is 13.4. The first-order valence-electron chi connectivity index (χ1n) is 8.41. The van der Waals surface area contributed by atoms with Crippen molar-refractivity contribution in [3.05, 3.63) is 33.7 Å². The molecule has 0 aromatic heterocycles. The van der Waals surface area contributed by atoms with Crippen LogP contribution in [-0.4, -0.2) is 13.4 Å². The molecule has 2 aromatic rings. The van der Waals surface area contributed by atoms with Gasteiger partial charge in [-0.3, -0.25) is 0 Å². The van der Waals surface area contributed by atoms with Crippen molar-refractivity contribution in [1.29, 1.82) is 0 Å². The quantitative estimate of drug-likeness (QED) is 0.391. The first-order valence-corrected chi connectivity index (χ1v) is 11.6. The predicted molar refractivity (Wildman–Crippen MR) is 110 cm³/mol. The van der Waals surface area contributed by atoms with Gasteiger partial charge in [0.1, 0.15) is 17.3 Å². The maximum absolute atomic E-state index is 13.8. The highest BCUT2D eigenvalue weighted by Crippen LogP contribution is 2.44. The summed E-state index contributed by atoms with van der Waals surface area (Å²) >= 11 is 1.93. The summed E-state index contributed by atoms with van der Waals surface area (Å²) in [5.41, 5.74) is 1.34. The fraction of sp³-hybridized carbons (Fsp3) is 0.474. The van der Waals surface area contributed by atoms with Gasteiger partial charge in [-0.25, -0.2) is 4.39 Å². The van der Waals surface area contributed by atoms with Crippen LogP contribution in [0.1, 0.15) is 41.5 Å². The fourth-order valence-electron chi connectivity index (χ4n) is 3.96. The Bertz CT molecular complexity index is 722. The van der Waals surface area contributed by atoms with Crippen molar-refractivity contribution in [2.75, 3.05) is 0 Å². The van der Waals surface area contributed by atoms with Gasteiger partial charge >= 0.3 is 0 Å². The zero-order chi connectivity index (χ0) is 18.2. The van der Waals surface area contributed by atoms with Gasteiger partial charge in [0.2, 0.25) is 0 Å². The third-order valence-electron chi connectivity index (χ3n) is 4.96. The van der Waals surface area contributed by atoms with E-state index in [0.29, 0.717) is 31.3 Å². The minimum absolute atomic E-state index is 0.0746. The topological polar surface area (TPSA) is 29.5 Å². The van der Waals surface area contributed by atoms with Gasteiger partial charge < -0.3 is 9.53 Å². The number of rotatable bonds is 5. The first kappa shape index (κ1) is 19.5. The molecule has 2 nitrogen and oxygen atoms in total. The van der Waals surface area contributed by atoms with E-state index in [1.807, 2.05) is 28.7 Å². The molecule has 0 unspecified atom stereocenters. The van der Waals surface area contributed by atoms with E-state index in [2.05, 4.69) is 41.5 Å². The van der Waals surface area contributed by atoms with Crippen LogP contribution in [0, 0.1) is 9.39 Å². The van der Waals surface area contributed by atoms with Crippen LogP contribution >= 0.6 is 22.6 Å². The Morgan fingerprint density at radius 2 is 1.54 bits per heavy atom. The maximum atomic E-state index is 13.8. The SMILES string of the molecule is CC(C)[Si](Oc1cc(O)c2c(I)c(F)ccc2c1)(C(C)C)C(C)C. The Morgan fingerprint density at radius 1 is 1.00 bits per heavy atom. The van der Waals surface area contributed by atoms with E-state index in [1.165, 1.54) is 6.07 Å². The average Bonchev–Trinajstić information content (AvgIpc) is 2.47. The highest BCUT2D eigenvalue weighted by molar-refractivity contribution is 14.1. The summed E-state index contributed by atoms with van der Waals surface area (Å²) in [6.07, 6.45) is 0. The molecule has 0 atom stereocenters. The summed E-state index contributed by atoms with van der Waals surface area (Å²) in [4.78, 5) is 0. The van der Waals surface area contributed by atoms with E-state index < -0.39 is 8.32 Å². The molecule has 0 saturated carbocycles. The second kappa shape index (κ2) is 7.20. The fourth-order valence-corrected chi connectivity index (χ4v) is 9.97. The number of aromatic hydroxyl groups is 1. The molecular formula is C19H26FIO2Si. The molecule has 5 heteroatoms. The van der Waals surface area contributed by atoms with Crippen molar-refractivity contribution in [2.45, 2.75) is 58.2 Å². The molecular weight excluding hydrogens is 434 g/mol. The zero-order valence-electron chi connectivity index (χ0n) is 15.2. The van der Waals surface area contributed by atoms with Crippen molar-refractivity contribution in [2.24, 2.45) is 0 Å². The summed E-state index contributed by atoms with van der Waals surface area (Å²) in [7, 11) is -2.09. The summed E-state index contributed by atoms with van der Waals surface area (Å²) in [5.74, 6) is 0.443. The lowest BCUT2D eigenvalue weighted by Crippen LogP contribution is -2.50. The molecule has 0 aliphatic heterocycles. The van der Waals surface area contributed by atoms with Crippen LogP contribution in [0.5, 0.6) is 11.5 Å². The molecule has 0 bridgehead atoms. The number of phenols is 1. The van der Waals surface area contributed by atoms with Crippen LogP contribution < -0.4 is 4.43 Å². The Kier molecular flexibility index (Phi) is 5.85. The highest BCUT2D eigenvalue weighted by atomic mass is 127. The molecule has 1 N–H and O–H groups in total. The van der Waals surface area contributed by atoms with Crippen LogP contribution in [0.15, 0.2) is 24.3 Å². The molecule has 0 aliphatic rings. The number of fused-ring (bicyclic) bond motifs is 1. The van der Waals surface area contributed by atoms with Crippen LogP contribution in [0.3, 0.4) is 0 Å². The lowest BCUT2D eigenvalue weighted by molar-refractivity contribution is 0.460. The summed E-state index contributed by atoms with van der Waals surface area (Å²) < 4.78 is 20.8. The van der Waals surface area contributed by atoms with Crippen LogP contribution in [-0.2, 0) is 0 Å². The van der Waals surface area contributed by atoms with Gasteiger partial charge in [-0.1, -0.05) is 47.6 Å². The largest absolute Gasteiger partial charge is 0.543 e. The second-order valence-electron chi connectivity index (χ2n) is 7.32. The third kappa shape index (κ3) is 3.29. The van der Waals surface area contributed by atoms with Crippen LogP contribution in [0.25, 0.3) is 10.8 Å². The van der Waals surface area contributed by atoms with Gasteiger partial charge in [-0.05, 0) is 56.7 Å². The molecule has 24 heavy (non-hydrogen) atoms. The van der Waals surface area contributed by atoms with Gasteiger partial charge in [0, 0.05) is 11.5 Å². The molecule has 0 aliphatic carbocycles. The van der Waals surface area contributed by atoms with Crippen molar-refractivity contribution in [3.8, 4) is 11.5 Å². The standard InChI is InChI=1S/C19H26FIO2Si/c1-11(2)24(12(3)4,13(5)6)23-15-9-14-7-8-16(20)19(21)18(14)17(22)10-15/h7-13,22H,1-6H3. The highest BCUT2D eigenvalue weighted by Gasteiger charge is 2.47. The lowest BCUT2D eigenvalue weighted by Gasteiger charge is -2.42. The van der Waals surface area contributed by atoms with Gasteiger partial charge in [0.05, 0.1) is 3.57 Å². The Balaban J connectivity index is 2.58. The van der Waals surface area contributed by atoms with E-state index in [1.54, 1.807) is 12.1 Å². The van der Waals surface area contributed by atoms with Gasteiger partial charge in [-0.15, -0.1) is 0 Å². The molecule has 2 aromatic carbocycles. The molecule has 2 rings (SSSR count). The maximum Gasteiger partial charge on any atom is 0.258 e. The van der Waals surface area contributed by atoms with Crippen molar-refractivity contribution in [1.82, 2.24) is 0 Å². The van der Waals surface area contributed by atoms with Gasteiger partial charge in [0.25, 0.3) is 8.32 Å². The first-order chi connectivity index (χ1) is 11.1. The lowest BCUT2D eigenvalue weighted by atomic mass is 10.1. The molecule has 0 amide bonds. The monoisotopic (exact) mass is 460 g/mol. The van der Waals surface area contributed by atoms with E-state index in [4.69, 9.17) is 4.43 Å². The van der Waals surface area contributed by atoms with Crippen LogP contribution in [0.2, 0.25) is 16.6 Å². The Labute approximate surface area is 158 Å². The molecule has 0 saturated heterocycles.